The first-order chi connectivity index (χ1) is 7.10. The van der Waals surface area contributed by atoms with Gasteiger partial charge in [0.15, 0.2) is 0 Å². The van der Waals surface area contributed by atoms with Gasteiger partial charge in [-0.05, 0) is 37.5 Å². The lowest BCUT2D eigenvalue weighted by atomic mass is 9.98. The lowest BCUT2D eigenvalue weighted by molar-refractivity contribution is 0.0830. The van der Waals surface area contributed by atoms with Crippen LogP contribution in [0.1, 0.15) is 29.7 Å². The van der Waals surface area contributed by atoms with E-state index in [9.17, 15) is 0 Å². The first kappa shape index (κ1) is 12.2. The Morgan fingerprint density at radius 2 is 1.93 bits per heavy atom. The Balaban J connectivity index is 2.97. The molecule has 0 aliphatic heterocycles. The van der Waals surface area contributed by atoms with Crippen LogP contribution in [0.3, 0.4) is 0 Å². The Labute approximate surface area is 91.6 Å². The molecule has 0 saturated carbocycles. The molecule has 0 saturated heterocycles. The normalized spacial score (nSPS) is 15.0. The minimum absolute atomic E-state index is 0.0364. The molecule has 0 spiro atoms. The van der Waals surface area contributed by atoms with Gasteiger partial charge in [0.25, 0.3) is 0 Å². The monoisotopic (exact) mass is 208 g/mol. The molecule has 0 bridgehead atoms. The van der Waals surface area contributed by atoms with Crippen LogP contribution in [0.5, 0.6) is 0 Å². The van der Waals surface area contributed by atoms with Crippen molar-refractivity contribution in [2.45, 2.75) is 32.9 Å². The Kier molecular flexibility index (Phi) is 4.27. The maximum atomic E-state index is 5.54. The number of nitrogens with two attached hydrogens (primary N) is 1. The molecular formula is C12H20N2O. The lowest BCUT2D eigenvalue weighted by Gasteiger charge is -2.23. The Hall–Kier alpha value is -0.900. The fourth-order valence-corrected chi connectivity index (χ4v) is 1.60. The molecule has 2 unspecified atom stereocenters. The van der Waals surface area contributed by atoms with Gasteiger partial charge in [0.2, 0.25) is 0 Å². The fraction of sp³-hybridized carbons (Fsp3) is 0.500. The van der Waals surface area contributed by atoms with Gasteiger partial charge in [0.05, 0.1) is 12.1 Å². The number of rotatable bonds is 4. The van der Waals surface area contributed by atoms with Crippen molar-refractivity contribution in [3.05, 3.63) is 34.9 Å². The second-order valence-corrected chi connectivity index (χ2v) is 3.93. The molecule has 0 heterocycles. The Morgan fingerprint density at radius 1 is 1.27 bits per heavy atom. The van der Waals surface area contributed by atoms with Gasteiger partial charge in [0, 0.05) is 7.11 Å². The van der Waals surface area contributed by atoms with Crippen LogP contribution in [0, 0.1) is 13.8 Å². The van der Waals surface area contributed by atoms with Crippen molar-refractivity contribution in [3.63, 3.8) is 0 Å². The third-order valence-electron chi connectivity index (χ3n) is 2.91. The molecule has 3 nitrogen and oxygen atoms in total. The zero-order valence-electron chi connectivity index (χ0n) is 9.87. The summed E-state index contributed by atoms with van der Waals surface area (Å²) in [6.07, 6.45) is 0.0529. The number of methoxy groups -OCH3 is 1. The molecule has 1 aromatic carbocycles. The second-order valence-electron chi connectivity index (χ2n) is 3.93. The molecule has 1 rings (SSSR count). The fourth-order valence-electron chi connectivity index (χ4n) is 1.60. The molecule has 2 atom stereocenters. The molecule has 3 N–H and O–H groups in total. The molecule has 84 valence electrons. The molecule has 0 aromatic heterocycles. The highest BCUT2D eigenvalue weighted by Gasteiger charge is 2.17. The number of hydrogen-bond donors (Lipinski definition) is 2. The van der Waals surface area contributed by atoms with Crippen LogP contribution in [-0.4, -0.2) is 13.2 Å². The zero-order chi connectivity index (χ0) is 11.4. The summed E-state index contributed by atoms with van der Waals surface area (Å²) in [5.74, 6) is 5.54. The number of nitrogens with one attached hydrogen (secondary N) is 1. The highest BCUT2D eigenvalue weighted by molar-refractivity contribution is 5.32. The highest BCUT2D eigenvalue weighted by atomic mass is 16.5. The van der Waals surface area contributed by atoms with Crippen LogP contribution < -0.4 is 11.3 Å². The van der Waals surface area contributed by atoms with Gasteiger partial charge in [-0.25, -0.2) is 0 Å². The van der Waals surface area contributed by atoms with E-state index in [4.69, 9.17) is 10.6 Å². The molecule has 0 aliphatic rings. The number of benzene rings is 1. The standard InChI is InChI=1S/C12H20N2O/c1-8-5-6-11(7-9(8)2)12(14-13)10(3)15-4/h5-7,10,12,14H,13H2,1-4H3. The average Bonchev–Trinajstić information content (AvgIpc) is 2.24. The summed E-state index contributed by atoms with van der Waals surface area (Å²) in [6, 6.07) is 6.38. The number of hydrazine groups is 1. The van der Waals surface area contributed by atoms with E-state index < -0.39 is 0 Å². The summed E-state index contributed by atoms with van der Waals surface area (Å²) in [5, 5.41) is 0. The van der Waals surface area contributed by atoms with E-state index in [1.165, 1.54) is 11.1 Å². The maximum absolute atomic E-state index is 5.54. The van der Waals surface area contributed by atoms with Crippen molar-refractivity contribution < 1.29 is 4.74 Å². The van der Waals surface area contributed by atoms with Crippen LogP contribution in [0.15, 0.2) is 18.2 Å². The van der Waals surface area contributed by atoms with Crippen LogP contribution >= 0.6 is 0 Å². The Bertz CT molecular complexity index is 325. The summed E-state index contributed by atoms with van der Waals surface area (Å²) >= 11 is 0. The van der Waals surface area contributed by atoms with Crippen molar-refractivity contribution in [3.8, 4) is 0 Å². The SMILES string of the molecule is COC(C)C(NN)c1ccc(C)c(C)c1. The van der Waals surface area contributed by atoms with Crippen LogP contribution in [0.25, 0.3) is 0 Å². The summed E-state index contributed by atoms with van der Waals surface area (Å²) in [7, 11) is 1.69. The third-order valence-corrected chi connectivity index (χ3v) is 2.91. The largest absolute Gasteiger partial charge is 0.380 e. The molecule has 0 amide bonds. The maximum Gasteiger partial charge on any atom is 0.0750 e. The van der Waals surface area contributed by atoms with Crippen LogP contribution in [-0.2, 0) is 4.74 Å². The minimum Gasteiger partial charge on any atom is -0.380 e. The topological polar surface area (TPSA) is 47.3 Å². The van der Waals surface area contributed by atoms with Gasteiger partial charge in [-0.15, -0.1) is 0 Å². The zero-order valence-corrected chi connectivity index (χ0v) is 9.87. The summed E-state index contributed by atoms with van der Waals surface area (Å²) in [5.41, 5.74) is 6.52. The van der Waals surface area contributed by atoms with Gasteiger partial charge in [0.1, 0.15) is 0 Å². The van der Waals surface area contributed by atoms with E-state index >= 15 is 0 Å². The molecule has 0 aliphatic carbocycles. The van der Waals surface area contributed by atoms with E-state index in [0.717, 1.165) is 5.56 Å². The third kappa shape index (κ3) is 2.78. The summed E-state index contributed by atoms with van der Waals surface area (Å²) in [4.78, 5) is 0. The smallest absolute Gasteiger partial charge is 0.0750 e. The predicted molar refractivity (Wildman–Crippen MR) is 62.5 cm³/mol. The first-order valence-corrected chi connectivity index (χ1v) is 5.16. The second kappa shape index (κ2) is 5.26. The van der Waals surface area contributed by atoms with E-state index in [0.29, 0.717) is 0 Å². The molecule has 1 aromatic rings. The van der Waals surface area contributed by atoms with Gasteiger partial charge in [-0.3, -0.25) is 11.3 Å². The average molecular weight is 208 g/mol. The molecule has 0 radical (unpaired) electrons. The van der Waals surface area contributed by atoms with Crippen LogP contribution in [0.2, 0.25) is 0 Å². The van der Waals surface area contributed by atoms with Gasteiger partial charge < -0.3 is 4.74 Å². The quantitative estimate of drug-likeness (QED) is 0.586. The van der Waals surface area contributed by atoms with Crippen molar-refractivity contribution in [2.75, 3.05) is 7.11 Å². The van der Waals surface area contributed by atoms with Crippen molar-refractivity contribution in [2.24, 2.45) is 5.84 Å². The molecule has 15 heavy (non-hydrogen) atoms. The van der Waals surface area contributed by atoms with Gasteiger partial charge in [-0.2, -0.15) is 0 Å². The van der Waals surface area contributed by atoms with Crippen molar-refractivity contribution >= 4 is 0 Å². The van der Waals surface area contributed by atoms with E-state index in [1.807, 2.05) is 6.92 Å². The van der Waals surface area contributed by atoms with E-state index in [2.05, 4.69) is 37.5 Å². The molecule has 0 fully saturated rings. The van der Waals surface area contributed by atoms with Gasteiger partial charge >= 0.3 is 0 Å². The van der Waals surface area contributed by atoms with E-state index in [1.54, 1.807) is 7.11 Å². The highest BCUT2D eigenvalue weighted by Crippen LogP contribution is 2.20. The summed E-state index contributed by atoms with van der Waals surface area (Å²) < 4.78 is 5.29. The number of aryl methyl sites for hydroxylation is 2. The van der Waals surface area contributed by atoms with Crippen LogP contribution in [0.4, 0.5) is 0 Å². The number of hydrogen-bond acceptors (Lipinski definition) is 3. The lowest BCUT2D eigenvalue weighted by Crippen LogP contribution is -2.36. The Morgan fingerprint density at radius 3 is 2.40 bits per heavy atom. The minimum atomic E-state index is 0.0364. The van der Waals surface area contributed by atoms with Crippen molar-refractivity contribution in [1.82, 2.24) is 5.43 Å². The van der Waals surface area contributed by atoms with E-state index in [-0.39, 0.29) is 12.1 Å². The molecular weight excluding hydrogens is 188 g/mol. The summed E-state index contributed by atoms with van der Waals surface area (Å²) in [6.45, 7) is 6.20. The number of ether oxygens (including phenoxy) is 1. The van der Waals surface area contributed by atoms with Gasteiger partial charge in [-0.1, -0.05) is 18.2 Å². The van der Waals surface area contributed by atoms with Crippen molar-refractivity contribution in [1.29, 1.82) is 0 Å². The predicted octanol–water partition coefficient (Wildman–Crippen LogP) is 1.84. The first-order valence-electron chi connectivity index (χ1n) is 5.16. The molecule has 3 heteroatoms.